The van der Waals surface area contributed by atoms with Gasteiger partial charge in [-0.3, -0.25) is 0 Å². The van der Waals surface area contributed by atoms with E-state index in [1.807, 2.05) is 0 Å². The van der Waals surface area contributed by atoms with Gasteiger partial charge in [-0.2, -0.15) is 0 Å². The molecule has 0 aromatic rings. The highest BCUT2D eigenvalue weighted by atomic mass is 35.5. The molecule has 0 rings (SSSR count). The molecular weight excluding hydrogens is 215 g/mol. The van der Waals surface area contributed by atoms with Crippen LogP contribution in [0.1, 0.15) is 60.3 Å². The largest absolute Gasteiger partial charge is 0.0920 e. The molecule has 0 heterocycles. The van der Waals surface area contributed by atoms with E-state index in [2.05, 4.69) is 34.6 Å². The molecule has 0 unspecified atom stereocenters. The zero-order chi connectivity index (χ0) is 11.8. The molecule has 14 heavy (non-hydrogen) atoms. The molecule has 0 atom stereocenters. The van der Waals surface area contributed by atoms with Crippen molar-refractivity contribution in [1.82, 2.24) is 0 Å². The first kappa shape index (κ1) is 19.8. The molecule has 0 aromatic heterocycles. The van der Waals surface area contributed by atoms with Crippen LogP contribution in [0.25, 0.3) is 0 Å². The topological polar surface area (TPSA) is 0 Å². The Morgan fingerprint density at radius 2 is 1.21 bits per heavy atom. The average molecular weight is 241 g/mol. The second-order valence-corrected chi connectivity index (χ2v) is 3.91. The van der Waals surface area contributed by atoms with Crippen molar-refractivity contribution >= 4 is 23.2 Å². The summed E-state index contributed by atoms with van der Waals surface area (Å²) in [4.78, 5) is 0. The van der Waals surface area contributed by atoms with Crippen molar-refractivity contribution in [2.45, 2.75) is 60.3 Å². The maximum Gasteiger partial charge on any atom is 0.0156 e. The van der Waals surface area contributed by atoms with Crippen LogP contribution in [0.2, 0.25) is 0 Å². The van der Waals surface area contributed by atoms with Gasteiger partial charge in [-0.25, -0.2) is 0 Å². The van der Waals surface area contributed by atoms with Crippen LogP contribution in [-0.2, 0) is 0 Å². The highest BCUT2D eigenvalue weighted by Crippen LogP contribution is 1.93. The fourth-order valence-electron chi connectivity index (χ4n) is 0.354. The van der Waals surface area contributed by atoms with E-state index in [0.717, 1.165) is 5.92 Å². The molecule has 0 spiro atoms. The van der Waals surface area contributed by atoms with Crippen LogP contribution in [-0.4, -0.2) is 0 Å². The van der Waals surface area contributed by atoms with Crippen LogP contribution >= 0.6 is 23.2 Å². The van der Waals surface area contributed by atoms with Gasteiger partial charge in [-0.05, 0) is 5.92 Å². The van der Waals surface area contributed by atoms with Gasteiger partial charge in [0.05, 0.1) is 0 Å². The zero-order valence-electron chi connectivity index (χ0n) is 10.3. The summed E-state index contributed by atoms with van der Waals surface area (Å²) >= 11 is 9.75. The van der Waals surface area contributed by atoms with Crippen molar-refractivity contribution in [3.63, 3.8) is 0 Å². The molecule has 0 N–H and O–H groups in total. The van der Waals surface area contributed by atoms with Crippen LogP contribution in [0.4, 0.5) is 0 Å². The van der Waals surface area contributed by atoms with Gasteiger partial charge in [0.25, 0.3) is 0 Å². The van der Waals surface area contributed by atoms with Crippen molar-refractivity contribution in [3.05, 3.63) is 11.1 Å². The summed E-state index contributed by atoms with van der Waals surface area (Å²) in [7, 11) is 0. The molecule has 0 saturated carbocycles. The Bertz CT molecular complexity index is 82.3. The Balaban J connectivity index is -0.000000131. The second-order valence-electron chi connectivity index (χ2n) is 3.41. The van der Waals surface area contributed by atoms with E-state index < -0.39 is 0 Å². The predicted octanol–water partition coefficient (Wildman–Crippen LogP) is 6.18. The van der Waals surface area contributed by atoms with Crippen LogP contribution < -0.4 is 0 Å². The molecule has 0 aliphatic carbocycles. The van der Waals surface area contributed by atoms with Crippen molar-refractivity contribution in [2.24, 2.45) is 5.92 Å². The smallest absolute Gasteiger partial charge is 0.0156 e. The minimum absolute atomic E-state index is 0.884. The fraction of sp³-hybridized carbons (Fsp3) is 0.833. The van der Waals surface area contributed by atoms with Gasteiger partial charge in [-0.15, -0.1) is 0 Å². The Morgan fingerprint density at radius 3 is 1.21 bits per heavy atom. The minimum Gasteiger partial charge on any atom is -0.0920 e. The van der Waals surface area contributed by atoms with Crippen molar-refractivity contribution in [1.29, 1.82) is 0 Å². The summed E-state index contributed by atoms with van der Waals surface area (Å²) in [6.07, 6.45) is 5.38. The van der Waals surface area contributed by atoms with Gasteiger partial charge < -0.3 is 0 Å². The normalized spacial score (nSPS) is 9.14. The van der Waals surface area contributed by atoms with Crippen molar-refractivity contribution in [3.8, 4) is 0 Å². The fourth-order valence-corrected chi connectivity index (χ4v) is 0.354. The van der Waals surface area contributed by atoms with E-state index in [1.54, 1.807) is 0 Å². The maximum absolute atomic E-state index is 4.87. The van der Waals surface area contributed by atoms with Gasteiger partial charge in [0, 0.05) is 11.1 Å². The number of unbranched alkanes of at least 4 members (excludes halogenated alkanes) is 2. The molecule has 0 fully saturated rings. The van der Waals surface area contributed by atoms with E-state index in [9.17, 15) is 0 Å². The van der Waals surface area contributed by atoms with Gasteiger partial charge in [0.2, 0.25) is 0 Å². The molecule has 0 saturated heterocycles. The average Bonchev–Trinajstić information content (AvgIpc) is 2.20. The molecule has 88 valence electrons. The second kappa shape index (κ2) is 23.3. The third kappa shape index (κ3) is 55.8. The van der Waals surface area contributed by atoms with Crippen LogP contribution in [0.5, 0.6) is 0 Å². The Morgan fingerprint density at radius 1 is 0.929 bits per heavy atom. The van der Waals surface area contributed by atoms with E-state index in [1.165, 1.54) is 36.8 Å². The molecular formula is C12H26Cl2. The van der Waals surface area contributed by atoms with E-state index >= 15 is 0 Å². The zero-order valence-corrected chi connectivity index (χ0v) is 11.8. The van der Waals surface area contributed by atoms with Crippen LogP contribution in [0.3, 0.4) is 0 Å². The molecule has 0 bridgehead atoms. The third-order valence-electron chi connectivity index (χ3n) is 1.57. The number of hydrogen-bond acceptors (Lipinski definition) is 0. The SMILES string of the molecule is CCC(C)C.CCCCC.ClC=CCl. The quantitative estimate of drug-likeness (QED) is 0.553. The van der Waals surface area contributed by atoms with Gasteiger partial charge in [-0.1, -0.05) is 83.5 Å². The summed E-state index contributed by atoms with van der Waals surface area (Å²) in [5, 5.41) is 0. The summed E-state index contributed by atoms with van der Waals surface area (Å²) in [6.45, 7) is 11.1. The molecule has 0 aliphatic heterocycles. The Hall–Kier alpha value is 0.320. The highest BCUT2D eigenvalue weighted by molar-refractivity contribution is 6.33. The Kier molecular flexibility index (Phi) is 33.0. The summed E-state index contributed by atoms with van der Waals surface area (Å²) in [5.74, 6) is 0.884. The molecule has 0 aromatic carbocycles. The van der Waals surface area contributed by atoms with Crippen molar-refractivity contribution < 1.29 is 0 Å². The highest BCUT2D eigenvalue weighted by Gasteiger charge is 1.80. The van der Waals surface area contributed by atoms with E-state index in [0.29, 0.717) is 0 Å². The lowest BCUT2D eigenvalue weighted by molar-refractivity contribution is 0.626. The number of hydrogen-bond donors (Lipinski definition) is 0. The lowest BCUT2D eigenvalue weighted by Crippen LogP contribution is -1.77. The van der Waals surface area contributed by atoms with Gasteiger partial charge in [0.15, 0.2) is 0 Å². The van der Waals surface area contributed by atoms with Crippen LogP contribution in [0.15, 0.2) is 11.1 Å². The lowest BCUT2D eigenvalue weighted by Gasteiger charge is -1.90. The predicted molar refractivity (Wildman–Crippen MR) is 71.2 cm³/mol. The molecule has 2 heteroatoms. The summed E-state index contributed by atoms with van der Waals surface area (Å²) < 4.78 is 0. The van der Waals surface area contributed by atoms with Gasteiger partial charge in [0.1, 0.15) is 0 Å². The van der Waals surface area contributed by atoms with E-state index in [-0.39, 0.29) is 0 Å². The molecule has 0 aliphatic rings. The van der Waals surface area contributed by atoms with Gasteiger partial charge >= 0.3 is 0 Å². The minimum atomic E-state index is 0.884. The first-order valence-electron chi connectivity index (χ1n) is 5.45. The molecule has 0 nitrogen and oxygen atoms in total. The van der Waals surface area contributed by atoms with Crippen molar-refractivity contribution in [2.75, 3.05) is 0 Å². The standard InChI is InChI=1S/2C5H12.C2H2Cl2/c1-4-5(2)3;1-3-5-4-2;3-1-2-4/h5H,4H2,1-3H3;3-5H2,1-2H3;1-2H. The maximum atomic E-state index is 4.87. The third-order valence-corrected chi connectivity index (χ3v) is 1.95. The first-order valence-corrected chi connectivity index (χ1v) is 6.33. The number of halogens is 2. The summed E-state index contributed by atoms with van der Waals surface area (Å²) in [5.41, 5.74) is 2.48. The molecule has 0 radical (unpaired) electrons. The van der Waals surface area contributed by atoms with Crippen LogP contribution in [0, 0.1) is 5.92 Å². The first-order chi connectivity index (χ1) is 6.60. The Labute approximate surface area is 101 Å². The summed E-state index contributed by atoms with van der Waals surface area (Å²) in [6, 6.07) is 0. The monoisotopic (exact) mass is 240 g/mol. The number of rotatable bonds is 3. The van der Waals surface area contributed by atoms with E-state index in [4.69, 9.17) is 23.2 Å². The lowest BCUT2D eigenvalue weighted by atomic mass is 10.2. The molecule has 0 amide bonds.